The van der Waals surface area contributed by atoms with E-state index in [-0.39, 0.29) is 0 Å². The number of rotatable bonds is 3. The van der Waals surface area contributed by atoms with Crippen molar-refractivity contribution in [3.8, 4) is 0 Å². The van der Waals surface area contributed by atoms with E-state index in [4.69, 9.17) is 0 Å². The quantitative estimate of drug-likeness (QED) is 0.541. The fourth-order valence-electron chi connectivity index (χ4n) is 1.51. The van der Waals surface area contributed by atoms with Gasteiger partial charge < -0.3 is 0 Å². The molecule has 0 bridgehead atoms. The van der Waals surface area contributed by atoms with Crippen LogP contribution in [0, 0.1) is 17.8 Å². The zero-order chi connectivity index (χ0) is 9.02. The Kier molecular flexibility index (Phi) is 4.48. The molecule has 0 rings (SSSR count). The van der Waals surface area contributed by atoms with Gasteiger partial charge in [0, 0.05) is 0 Å². The molecule has 0 aromatic rings. The maximum absolute atomic E-state index is 2.32. The molecule has 0 fully saturated rings. The van der Waals surface area contributed by atoms with Crippen molar-refractivity contribution in [3.05, 3.63) is 11.6 Å². The second kappa shape index (κ2) is 4.58. The summed E-state index contributed by atoms with van der Waals surface area (Å²) in [6.45, 7) is 13.6. The fourth-order valence-corrected chi connectivity index (χ4v) is 1.51. The average Bonchev–Trinajstić information content (AvgIpc) is 1.88. The predicted octanol–water partition coefficient (Wildman–Crippen LogP) is 3.88. The molecular weight excluding hydrogens is 132 g/mol. The van der Waals surface area contributed by atoms with Crippen LogP contribution in [0.5, 0.6) is 0 Å². The fraction of sp³-hybridized carbons (Fsp3) is 0.818. The van der Waals surface area contributed by atoms with Gasteiger partial charge in [-0.3, -0.25) is 0 Å². The standard InChI is InChI=1S/C11H22/c1-7-11(9(4)5)10(6)8(2)3/h7-10H,1-6H3/b11-7-. The van der Waals surface area contributed by atoms with Crippen LogP contribution in [0.3, 0.4) is 0 Å². The number of allylic oxidation sites excluding steroid dienone is 2. The molecule has 0 heteroatoms. The lowest BCUT2D eigenvalue weighted by Crippen LogP contribution is -2.11. The lowest BCUT2D eigenvalue weighted by Gasteiger charge is -2.22. The van der Waals surface area contributed by atoms with Gasteiger partial charge in [-0.25, -0.2) is 0 Å². The van der Waals surface area contributed by atoms with Crippen molar-refractivity contribution in [1.82, 2.24) is 0 Å². The smallest absolute Gasteiger partial charge is 0.0206 e. The van der Waals surface area contributed by atoms with Crippen LogP contribution in [0.25, 0.3) is 0 Å². The Morgan fingerprint density at radius 1 is 1.00 bits per heavy atom. The van der Waals surface area contributed by atoms with Crippen LogP contribution < -0.4 is 0 Å². The summed E-state index contributed by atoms with van der Waals surface area (Å²) >= 11 is 0. The number of hydrogen-bond donors (Lipinski definition) is 0. The molecule has 0 aliphatic carbocycles. The van der Waals surface area contributed by atoms with Gasteiger partial charge in [-0.15, -0.1) is 0 Å². The minimum absolute atomic E-state index is 0.706. The van der Waals surface area contributed by atoms with Crippen LogP contribution >= 0.6 is 0 Å². The Morgan fingerprint density at radius 3 is 1.55 bits per heavy atom. The molecule has 0 aromatic carbocycles. The third kappa shape index (κ3) is 3.09. The molecule has 0 aromatic heterocycles. The van der Waals surface area contributed by atoms with E-state index in [1.54, 1.807) is 5.57 Å². The highest BCUT2D eigenvalue weighted by atomic mass is 14.2. The first-order chi connectivity index (χ1) is 5.00. The van der Waals surface area contributed by atoms with Gasteiger partial charge in [0.25, 0.3) is 0 Å². The van der Waals surface area contributed by atoms with Crippen LogP contribution in [0.2, 0.25) is 0 Å². The van der Waals surface area contributed by atoms with Crippen molar-refractivity contribution >= 4 is 0 Å². The first-order valence-electron chi connectivity index (χ1n) is 4.66. The highest BCUT2D eigenvalue weighted by molar-refractivity contribution is 5.07. The van der Waals surface area contributed by atoms with Crippen molar-refractivity contribution in [2.75, 3.05) is 0 Å². The van der Waals surface area contributed by atoms with E-state index in [1.807, 2.05) is 0 Å². The molecule has 0 radical (unpaired) electrons. The van der Waals surface area contributed by atoms with Crippen LogP contribution in [0.15, 0.2) is 11.6 Å². The zero-order valence-corrected chi connectivity index (χ0v) is 8.81. The molecule has 11 heavy (non-hydrogen) atoms. The highest BCUT2D eigenvalue weighted by Crippen LogP contribution is 2.25. The maximum Gasteiger partial charge on any atom is -0.0206 e. The second-order valence-corrected chi connectivity index (χ2v) is 3.98. The van der Waals surface area contributed by atoms with Gasteiger partial charge in [-0.1, -0.05) is 46.3 Å². The first-order valence-corrected chi connectivity index (χ1v) is 4.66. The monoisotopic (exact) mass is 154 g/mol. The topological polar surface area (TPSA) is 0 Å². The normalized spacial score (nSPS) is 16.2. The van der Waals surface area contributed by atoms with Gasteiger partial charge >= 0.3 is 0 Å². The Morgan fingerprint density at radius 2 is 1.45 bits per heavy atom. The number of hydrogen-bond acceptors (Lipinski definition) is 0. The van der Waals surface area contributed by atoms with Gasteiger partial charge in [0.1, 0.15) is 0 Å². The molecule has 0 aliphatic rings. The van der Waals surface area contributed by atoms with Crippen LogP contribution in [-0.4, -0.2) is 0 Å². The van der Waals surface area contributed by atoms with Gasteiger partial charge in [-0.05, 0) is 24.7 Å². The highest BCUT2D eigenvalue weighted by Gasteiger charge is 2.14. The first kappa shape index (κ1) is 10.7. The Hall–Kier alpha value is -0.260. The molecule has 0 amide bonds. The van der Waals surface area contributed by atoms with E-state index >= 15 is 0 Å². The molecule has 1 unspecified atom stereocenters. The molecule has 66 valence electrons. The summed E-state index contributed by atoms with van der Waals surface area (Å²) in [5, 5.41) is 0. The van der Waals surface area contributed by atoms with Gasteiger partial charge in [0.05, 0.1) is 0 Å². The van der Waals surface area contributed by atoms with E-state index in [1.165, 1.54) is 0 Å². The summed E-state index contributed by atoms with van der Waals surface area (Å²) in [6, 6.07) is 0. The average molecular weight is 154 g/mol. The lowest BCUT2D eigenvalue weighted by molar-refractivity contribution is 0.443. The van der Waals surface area contributed by atoms with E-state index in [0.717, 1.165) is 11.8 Å². The SMILES string of the molecule is C/C=C(/C(C)C)C(C)C(C)C. The van der Waals surface area contributed by atoms with Crippen molar-refractivity contribution in [2.45, 2.75) is 41.5 Å². The molecule has 0 saturated carbocycles. The summed E-state index contributed by atoms with van der Waals surface area (Å²) in [5.74, 6) is 2.21. The largest absolute Gasteiger partial charge is 0.0879 e. The van der Waals surface area contributed by atoms with Gasteiger partial charge in [-0.2, -0.15) is 0 Å². The minimum Gasteiger partial charge on any atom is -0.0879 e. The van der Waals surface area contributed by atoms with E-state index in [0.29, 0.717) is 5.92 Å². The second-order valence-electron chi connectivity index (χ2n) is 3.98. The molecule has 0 heterocycles. The van der Waals surface area contributed by atoms with Crippen LogP contribution in [0.1, 0.15) is 41.5 Å². The summed E-state index contributed by atoms with van der Waals surface area (Å²) in [4.78, 5) is 0. The van der Waals surface area contributed by atoms with Crippen molar-refractivity contribution in [3.63, 3.8) is 0 Å². The third-order valence-corrected chi connectivity index (χ3v) is 2.53. The van der Waals surface area contributed by atoms with Crippen LogP contribution in [0.4, 0.5) is 0 Å². The summed E-state index contributed by atoms with van der Waals surface area (Å²) < 4.78 is 0. The van der Waals surface area contributed by atoms with Crippen molar-refractivity contribution < 1.29 is 0 Å². The van der Waals surface area contributed by atoms with Crippen molar-refractivity contribution in [1.29, 1.82) is 0 Å². The maximum atomic E-state index is 2.32. The van der Waals surface area contributed by atoms with Crippen LogP contribution in [-0.2, 0) is 0 Å². The molecular formula is C11H22. The van der Waals surface area contributed by atoms with Crippen molar-refractivity contribution in [2.24, 2.45) is 17.8 Å². The summed E-state index contributed by atoms with van der Waals surface area (Å²) in [5.41, 5.74) is 1.60. The Labute approximate surface area is 71.7 Å². The summed E-state index contributed by atoms with van der Waals surface area (Å²) in [6.07, 6.45) is 2.27. The molecule has 0 saturated heterocycles. The van der Waals surface area contributed by atoms with E-state index < -0.39 is 0 Å². The van der Waals surface area contributed by atoms with Gasteiger partial charge in [0.15, 0.2) is 0 Å². The molecule has 0 spiro atoms. The minimum atomic E-state index is 0.706. The Bertz CT molecular complexity index is 129. The molecule has 0 N–H and O–H groups in total. The zero-order valence-electron chi connectivity index (χ0n) is 8.81. The lowest BCUT2D eigenvalue weighted by atomic mass is 9.84. The summed E-state index contributed by atoms with van der Waals surface area (Å²) in [7, 11) is 0. The van der Waals surface area contributed by atoms with Gasteiger partial charge in [0.2, 0.25) is 0 Å². The van der Waals surface area contributed by atoms with E-state index in [2.05, 4.69) is 47.6 Å². The third-order valence-electron chi connectivity index (χ3n) is 2.53. The molecule has 1 atom stereocenters. The Balaban J connectivity index is 4.28. The van der Waals surface area contributed by atoms with E-state index in [9.17, 15) is 0 Å². The molecule has 0 nitrogen and oxygen atoms in total. The predicted molar refractivity (Wildman–Crippen MR) is 52.6 cm³/mol. The molecule has 0 aliphatic heterocycles.